The van der Waals surface area contributed by atoms with Crippen molar-refractivity contribution in [3.63, 3.8) is 0 Å². The van der Waals surface area contributed by atoms with Gasteiger partial charge in [-0.15, -0.1) is 0 Å². The molecule has 1 unspecified atom stereocenters. The summed E-state index contributed by atoms with van der Waals surface area (Å²) in [5.74, 6) is 0. The molecule has 2 aliphatic heterocycles. The third-order valence-corrected chi connectivity index (χ3v) is 3.42. The minimum Gasteiger partial charge on any atom is -0.440 e. The van der Waals surface area contributed by atoms with Gasteiger partial charge in [-0.25, -0.2) is 4.79 Å². The zero-order chi connectivity index (χ0) is 13.2. The van der Waals surface area contributed by atoms with E-state index in [1.54, 1.807) is 0 Å². The molecule has 0 N–H and O–H groups in total. The Balaban J connectivity index is 1.86. The van der Waals surface area contributed by atoms with Crippen molar-refractivity contribution in [2.24, 2.45) is 0 Å². The molecule has 2 fully saturated rings. The summed E-state index contributed by atoms with van der Waals surface area (Å²) >= 11 is 0. The standard InChI is InChI=1S/C11H17F3N2O2/c12-11(13,14)8-18-10(17)16-6-2-5-15-4-1-3-9(15)7-16/h9H,1-8H2. The molecule has 2 saturated heterocycles. The molecule has 2 heterocycles. The van der Waals surface area contributed by atoms with Gasteiger partial charge in [0.05, 0.1) is 0 Å². The minimum absolute atomic E-state index is 0.283. The van der Waals surface area contributed by atoms with Crippen LogP contribution in [0.25, 0.3) is 0 Å². The highest BCUT2D eigenvalue weighted by molar-refractivity contribution is 5.67. The number of rotatable bonds is 1. The van der Waals surface area contributed by atoms with E-state index >= 15 is 0 Å². The second-order valence-corrected chi connectivity index (χ2v) is 4.80. The maximum atomic E-state index is 12.0. The van der Waals surface area contributed by atoms with Gasteiger partial charge in [-0.3, -0.25) is 4.90 Å². The van der Waals surface area contributed by atoms with Crippen molar-refractivity contribution < 1.29 is 22.7 Å². The molecular formula is C11H17F3N2O2. The first-order chi connectivity index (χ1) is 8.46. The van der Waals surface area contributed by atoms with Gasteiger partial charge in [0.25, 0.3) is 0 Å². The summed E-state index contributed by atoms with van der Waals surface area (Å²) in [5.41, 5.74) is 0. The molecule has 0 spiro atoms. The first kappa shape index (κ1) is 13.5. The second kappa shape index (κ2) is 5.34. The van der Waals surface area contributed by atoms with Crippen molar-refractivity contribution in [2.45, 2.75) is 31.5 Å². The number of carbonyl (C=O) groups is 1. The van der Waals surface area contributed by atoms with Gasteiger partial charge in [-0.1, -0.05) is 0 Å². The Labute approximate surface area is 104 Å². The molecule has 18 heavy (non-hydrogen) atoms. The number of hydrogen-bond acceptors (Lipinski definition) is 3. The molecular weight excluding hydrogens is 249 g/mol. The maximum Gasteiger partial charge on any atom is 0.422 e. The Morgan fingerprint density at radius 2 is 1.94 bits per heavy atom. The van der Waals surface area contributed by atoms with Gasteiger partial charge in [0.1, 0.15) is 0 Å². The van der Waals surface area contributed by atoms with Gasteiger partial charge in [0, 0.05) is 25.7 Å². The zero-order valence-electron chi connectivity index (χ0n) is 10.1. The van der Waals surface area contributed by atoms with Crippen LogP contribution in [-0.2, 0) is 4.74 Å². The molecule has 0 aromatic heterocycles. The van der Waals surface area contributed by atoms with E-state index in [-0.39, 0.29) is 6.04 Å². The van der Waals surface area contributed by atoms with Gasteiger partial charge in [-0.05, 0) is 25.8 Å². The highest BCUT2D eigenvalue weighted by Gasteiger charge is 2.34. The highest BCUT2D eigenvalue weighted by atomic mass is 19.4. The average Bonchev–Trinajstić information content (AvgIpc) is 2.62. The number of alkyl halides is 3. The van der Waals surface area contributed by atoms with Crippen LogP contribution in [0.1, 0.15) is 19.3 Å². The lowest BCUT2D eigenvalue weighted by molar-refractivity contribution is -0.162. The summed E-state index contributed by atoms with van der Waals surface area (Å²) in [4.78, 5) is 15.3. The Morgan fingerprint density at radius 1 is 1.22 bits per heavy atom. The first-order valence-electron chi connectivity index (χ1n) is 6.18. The quantitative estimate of drug-likeness (QED) is 0.726. The third kappa shape index (κ3) is 3.51. The van der Waals surface area contributed by atoms with Crippen LogP contribution in [0.5, 0.6) is 0 Å². The Kier molecular flexibility index (Phi) is 3.99. The highest BCUT2D eigenvalue weighted by Crippen LogP contribution is 2.22. The molecule has 2 rings (SSSR count). The number of hydrogen-bond donors (Lipinski definition) is 0. The lowest BCUT2D eigenvalue weighted by atomic mass is 10.2. The van der Waals surface area contributed by atoms with Crippen molar-refractivity contribution in [1.82, 2.24) is 9.80 Å². The molecule has 2 aliphatic rings. The van der Waals surface area contributed by atoms with Gasteiger partial charge in [0.15, 0.2) is 6.61 Å². The third-order valence-electron chi connectivity index (χ3n) is 3.42. The molecule has 104 valence electrons. The second-order valence-electron chi connectivity index (χ2n) is 4.80. The number of carbonyl (C=O) groups excluding carboxylic acids is 1. The lowest BCUT2D eigenvalue weighted by Gasteiger charge is -2.25. The average molecular weight is 266 g/mol. The normalized spacial score (nSPS) is 25.7. The summed E-state index contributed by atoms with van der Waals surface area (Å²) in [7, 11) is 0. The molecule has 7 heteroatoms. The van der Waals surface area contributed by atoms with Crippen molar-refractivity contribution >= 4 is 6.09 Å². The molecule has 1 atom stereocenters. The maximum absolute atomic E-state index is 12.0. The van der Waals surface area contributed by atoms with Crippen LogP contribution in [-0.4, -0.2) is 60.9 Å². The van der Waals surface area contributed by atoms with Crippen LogP contribution in [0.4, 0.5) is 18.0 Å². The van der Waals surface area contributed by atoms with Crippen molar-refractivity contribution in [1.29, 1.82) is 0 Å². The number of halogens is 3. The van der Waals surface area contributed by atoms with E-state index in [2.05, 4.69) is 9.64 Å². The predicted molar refractivity (Wildman–Crippen MR) is 58.2 cm³/mol. The minimum atomic E-state index is -4.46. The fraction of sp³-hybridized carbons (Fsp3) is 0.909. The molecule has 0 saturated carbocycles. The molecule has 4 nitrogen and oxygen atoms in total. The van der Waals surface area contributed by atoms with Crippen LogP contribution >= 0.6 is 0 Å². The topological polar surface area (TPSA) is 32.8 Å². The number of fused-ring (bicyclic) bond motifs is 1. The summed E-state index contributed by atoms with van der Waals surface area (Å²) in [6.07, 6.45) is -2.42. The zero-order valence-corrected chi connectivity index (χ0v) is 10.1. The Bertz CT molecular complexity index is 309. The molecule has 0 bridgehead atoms. The van der Waals surface area contributed by atoms with E-state index in [0.29, 0.717) is 13.1 Å². The van der Waals surface area contributed by atoms with E-state index in [0.717, 1.165) is 32.4 Å². The fourth-order valence-corrected chi connectivity index (χ4v) is 2.61. The van der Waals surface area contributed by atoms with Crippen LogP contribution in [0, 0.1) is 0 Å². The van der Waals surface area contributed by atoms with Crippen molar-refractivity contribution in [3.8, 4) is 0 Å². The Morgan fingerprint density at radius 3 is 2.67 bits per heavy atom. The number of amides is 1. The van der Waals surface area contributed by atoms with Gasteiger partial charge in [0.2, 0.25) is 0 Å². The molecule has 0 aromatic rings. The van der Waals surface area contributed by atoms with E-state index in [4.69, 9.17) is 0 Å². The number of ether oxygens (including phenoxy) is 1. The predicted octanol–water partition coefficient (Wildman–Crippen LogP) is 1.86. The summed E-state index contributed by atoms with van der Waals surface area (Å²) < 4.78 is 40.2. The first-order valence-corrected chi connectivity index (χ1v) is 6.18. The van der Waals surface area contributed by atoms with E-state index in [1.165, 1.54) is 4.90 Å². The van der Waals surface area contributed by atoms with E-state index in [1.807, 2.05) is 0 Å². The van der Waals surface area contributed by atoms with E-state index in [9.17, 15) is 18.0 Å². The monoisotopic (exact) mass is 266 g/mol. The van der Waals surface area contributed by atoms with Crippen LogP contribution in [0.3, 0.4) is 0 Å². The smallest absolute Gasteiger partial charge is 0.422 e. The van der Waals surface area contributed by atoms with Gasteiger partial charge in [-0.2, -0.15) is 13.2 Å². The SMILES string of the molecule is O=C(OCC(F)(F)F)N1CCCN2CCCC2C1. The van der Waals surface area contributed by atoms with Crippen molar-refractivity contribution in [2.75, 3.05) is 32.8 Å². The van der Waals surface area contributed by atoms with E-state index < -0.39 is 18.9 Å². The van der Waals surface area contributed by atoms with Crippen LogP contribution < -0.4 is 0 Å². The molecule has 0 radical (unpaired) electrons. The summed E-state index contributed by atoms with van der Waals surface area (Å²) in [6, 6.07) is 0.283. The van der Waals surface area contributed by atoms with Gasteiger partial charge < -0.3 is 9.64 Å². The molecule has 0 aliphatic carbocycles. The summed E-state index contributed by atoms with van der Waals surface area (Å²) in [5, 5.41) is 0. The Hall–Kier alpha value is -0.980. The fourth-order valence-electron chi connectivity index (χ4n) is 2.61. The van der Waals surface area contributed by atoms with Crippen LogP contribution in [0.15, 0.2) is 0 Å². The largest absolute Gasteiger partial charge is 0.440 e. The van der Waals surface area contributed by atoms with Crippen molar-refractivity contribution in [3.05, 3.63) is 0 Å². The number of nitrogens with zero attached hydrogens (tertiary/aromatic N) is 2. The molecule has 1 amide bonds. The molecule has 0 aromatic carbocycles. The summed E-state index contributed by atoms with van der Waals surface area (Å²) in [6.45, 7) is 1.39. The lowest BCUT2D eigenvalue weighted by Crippen LogP contribution is -2.40. The van der Waals surface area contributed by atoms with Crippen LogP contribution in [0.2, 0.25) is 0 Å². The van der Waals surface area contributed by atoms with Gasteiger partial charge >= 0.3 is 12.3 Å².